The van der Waals surface area contributed by atoms with E-state index in [9.17, 15) is 19.5 Å². The van der Waals surface area contributed by atoms with E-state index in [1.54, 1.807) is 7.05 Å². The second-order valence-corrected chi connectivity index (χ2v) is 4.07. The molecule has 2 rings (SSSR count). The highest BCUT2D eigenvalue weighted by Gasteiger charge is 2.28. The Bertz CT molecular complexity index is 591. The van der Waals surface area contributed by atoms with Gasteiger partial charge < -0.3 is 19.9 Å². The summed E-state index contributed by atoms with van der Waals surface area (Å²) in [6.45, 7) is 0.886. The molecule has 0 unspecified atom stereocenters. The Morgan fingerprint density at radius 3 is 2.67 bits per heavy atom. The first kappa shape index (κ1) is 12.2. The Hall–Kier alpha value is -2.31. The fourth-order valence-electron chi connectivity index (χ4n) is 1.89. The van der Waals surface area contributed by atoms with Gasteiger partial charge in [-0.15, -0.1) is 0 Å². The van der Waals surface area contributed by atoms with E-state index in [0.29, 0.717) is 13.1 Å². The maximum absolute atomic E-state index is 11.8. The number of aromatic nitrogens is 1. The van der Waals surface area contributed by atoms with Crippen LogP contribution in [0, 0.1) is 0 Å². The molecule has 18 heavy (non-hydrogen) atoms. The molecule has 0 bridgehead atoms. The van der Waals surface area contributed by atoms with Crippen molar-refractivity contribution in [3.8, 4) is 5.75 Å². The van der Waals surface area contributed by atoms with E-state index < -0.39 is 23.0 Å². The number of nitrogens with zero attached hydrogens (tertiary/aromatic N) is 2. The molecule has 1 aliphatic heterocycles. The molecule has 0 fully saturated rings. The Kier molecular flexibility index (Phi) is 2.82. The number of carbonyl (C=O) groups excluding carboxylic acids is 2. The third-order valence-electron chi connectivity index (χ3n) is 2.95. The average Bonchev–Trinajstić information content (AvgIpc) is 2.36. The number of carbonyl (C=O) groups is 2. The molecule has 0 radical (unpaired) electrons. The summed E-state index contributed by atoms with van der Waals surface area (Å²) in [6, 6.07) is 0. The van der Waals surface area contributed by atoms with Crippen molar-refractivity contribution < 1.29 is 14.7 Å². The summed E-state index contributed by atoms with van der Waals surface area (Å²) >= 11 is 0. The van der Waals surface area contributed by atoms with Crippen molar-refractivity contribution in [1.82, 2.24) is 14.8 Å². The molecule has 1 aromatic heterocycles. The highest BCUT2D eigenvalue weighted by atomic mass is 16.3. The number of rotatable bonds is 1. The third kappa shape index (κ3) is 1.64. The molecule has 0 atom stereocenters. The van der Waals surface area contributed by atoms with E-state index in [-0.39, 0.29) is 11.3 Å². The number of pyridine rings is 1. The first-order valence-corrected chi connectivity index (χ1v) is 5.41. The maximum atomic E-state index is 11.8. The molecule has 0 saturated heterocycles. The largest absolute Gasteiger partial charge is 0.503 e. The molecule has 0 spiro atoms. The topological polar surface area (TPSA) is 91.6 Å². The number of amides is 2. The predicted molar refractivity (Wildman–Crippen MR) is 62.7 cm³/mol. The monoisotopic (exact) mass is 251 g/mol. The third-order valence-corrected chi connectivity index (χ3v) is 2.95. The summed E-state index contributed by atoms with van der Waals surface area (Å²) in [7, 11) is 2.98. The maximum Gasteiger partial charge on any atom is 0.274 e. The number of aromatic hydroxyl groups is 1. The van der Waals surface area contributed by atoms with Crippen molar-refractivity contribution in [3.05, 3.63) is 27.7 Å². The van der Waals surface area contributed by atoms with E-state index in [0.717, 1.165) is 0 Å². The SMILES string of the molecule is CNC(=O)c1cn2c(c(O)c1=O)C(=O)N(C)CC2. The second kappa shape index (κ2) is 4.17. The zero-order valence-corrected chi connectivity index (χ0v) is 10.1. The lowest BCUT2D eigenvalue weighted by molar-refractivity contribution is 0.0740. The van der Waals surface area contributed by atoms with Crippen LogP contribution in [0.2, 0.25) is 0 Å². The smallest absolute Gasteiger partial charge is 0.274 e. The van der Waals surface area contributed by atoms with E-state index in [1.807, 2.05) is 0 Å². The van der Waals surface area contributed by atoms with Gasteiger partial charge in [0, 0.05) is 33.4 Å². The number of likely N-dealkylation sites (N-methyl/N-ethyl adjacent to an activating group) is 1. The Morgan fingerprint density at radius 2 is 2.06 bits per heavy atom. The quantitative estimate of drug-likeness (QED) is 0.669. The molecule has 0 aliphatic carbocycles. The summed E-state index contributed by atoms with van der Waals surface area (Å²) in [5.74, 6) is -1.69. The number of hydrogen-bond donors (Lipinski definition) is 2. The zero-order chi connectivity index (χ0) is 13.4. The van der Waals surface area contributed by atoms with Crippen LogP contribution < -0.4 is 10.7 Å². The standard InChI is InChI=1S/C11H13N3O4/c1-12-10(17)6-5-14-4-3-13(2)11(18)7(14)9(16)8(6)15/h5,16H,3-4H2,1-2H3,(H,12,17). The molecule has 1 aliphatic rings. The molecule has 0 aromatic carbocycles. The van der Waals surface area contributed by atoms with Gasteiger partial charge in [0.2, 0.25) is 5.43 Å². The first-order chi connectivity index (χ1) is 8.47. The van der Waals surface area contributed by atoms with Crippen LogP contribution in [0.4, 0.5) is 0 Å². The highest BCUT2D eigenvalue weighted by Crippen LogP contribution is 2.19. The van der Waals surface area contributed by atoms with Crippen LogP contribution >= 0.6 is 0 Å². The van der Waals surface area contributed by atoms with Gasteiger partial charge in [-0.1, -0.05) is 0 Å². The molecule has 2 amide bonds. The van der Waals surface area contributed by atoms with Gasteiger partial charge in [0.25, 0.3) is 11.8 Å². The van der Waals surface area contributed by atoms with Gasteiger partial charge in [0.15, 0.2) is 11.4 Å². The van der Waals surface area contributed by atoms with Gasteiger partial charge in [-0.05, 0) is 0 Å². The Balaban J connectivity index is 2.68. The Labute approximate surface area is 103 Å². The summed E-state index contributed by atoms with van der Waals surface area (Å²) in [4.78, 5) is 36.5. The summed E-state index contributed by atoms with van der Waals surface area (Å²) < 4.78 is 1.43. The van der Waals surface area contributed by atoms with Gasteiger partial charge in [0.1, 0.15) is 5.56 Å². The minimum absolute atomic E-state index is 0.0681. The summed E-state index contributed by atoms with van der Waals surface area (Å²) in [5, 5.41) is 12.1. The lowest BCUT2D eigenvalue weighted by Crippen LogP contribution is -2.40. The van der Waals surface area contributed by atoms with Crippen LogP contribution in [-0.4, -0.2) is 47.0 Å². The minimum Gasteiger partial charge on any atom is -0.503 e. The van der Waals surface area contributed by atoms with E-state index >= 15 is 0 Å². The second-order valence-electron chi connectivity index (χ2n) is 4.07. The van der Waals surface area contributed by atoms with Crippen LogP contribution in [0.3, 0.4) is 0 Å². The van der Waals surface area contributed by atoms with Gasteiger partial charge >= 0.3 is 0 Å². The number of nitrogens with one attached hydrogen (secondary N) is 1. The molecule has 0 saturated carbocycles. The molecule has 7 nitrogen and oxygen atoms in total. The molecule has 2 heterocycles. The van der Waals surface area contributed by atoms with Crippen molar-refractivity contribution in [2.24, 2.45) is 0 Å². The van der Waals surface area contributed by atoms with Crippen molar-refractivity contribution in [3.63, 3.8) is 0 Å². The van der Waals surface area contributed by atoms with Gasteiger partial charge in [-0.2, -0.15) is 0 Å². The number of fused-ring (bicyclic) bond motifs is 1. The molecular formula is C11H13N3O4. The molecule has 7 heteroatoms. The van der Waals surface area contributed by atoms with Crippen molar-refractivity contribution in [2.45, 2.75) is 6.54 Å². The molecular weight excluding hydrogens is 238 g/mol. The van der Waals surface area contributed by atoms with Gasteiger partial charge in [-0.25, -0.2) is 0 Å². The van der Waals surface area contributed by atoms with Gasteiger partial charge in [0.05, 0.1) is 0 Å². The summed E-state index contributed by atoms with van der Waals surface area (Å²) in [6.07, 6.45) is 1.31. The number of hydrogen-bond acceptors (Lipinski definition) is 4. The van der Waals surface area contributed by atoms with E-state index in [4.69, 9.17) is 0 Å². The van der Waals surface area contributed by atoms with Crippen molar-refractivity contribution >= 4 is 11.8 Å². The lowest BCUT2D eigenvalue weighted by Gasteiger charge is -2.27. The van der Waals surface area contributed by atoms with Gasteiger partial charge in [-0.3, -0.25) is 14.4 Å². The van der Waals surface area contributed by atoms with Crippen LogP contribution in [0.5, 0.6) is 5.75 Å². The van der Waals surface area contributed by atoms with Crippen LogP contribution in [0.1, 0.15) is 20.8 Å². The molecule has 96 valence electrons. The predicted octanol–water partition coefficient (Wildman–Crippen LogP) is -1.00. The van der Waals surface area contributed by atoms with Crippen LogP contribution in [-0.2, 0) is 6.54 Å². The van der Waals surface area contributed by atoms with E-state index in [1.165, 1.54) is 22.7 Å². The fraction of sp³-hybridized carbons (Fsp3) is 0.364. The molecule has 1 aromatic rings. The lowest BCUT2D eigenvalue weighted by atomic mass is 10.1. The molecule has 2 N–H and O–H groups in total. The normalized spacial score (nSPS) is 14.3. The first-order valence-electron chi connectivity index (χ1n) is 5.41. The van der Waals surface area contributed by atoms with E-state index in [2.05, 4.69) is 5.32 Å². The minimum atomic E-state index is -0.829. The fourth-order valence-corrected chi connectivity index (χ4v) is 1.89. The van der Waals surface area contributed by atoms with Crippen LogP contribution in [0.15, 0.2) is 11.0 Å². The van der Waals surface area contributed by atoms with Crippen LogP contribution in [0.25, 0.3) is 0 Å². The van der Waals surface area contributed by atoms with Crippen molar-refractivity contribution in [2.75, 3.05) is 20.6 Å². The zero-order valence-electron chi connectivity index (χ0n) is 10.1. The summed E-state index contributed by atoms with van der Waals surface area (Å²) in [5.41, 5.74) is -1.07. The average molecular weight is 251 g/mol. The van der Waals surface area contributed by atoms with Crippen molar-refractivity contribution in [1.29, 1.82) is 0 Å². The highest BCUT2D eigenvalue weighted by molar-refractivity contribution is 5.98. The Morgan fingerprint density at radius 1 is 1.39 bits per heavy atom.